The van der Waals surface area contributed by atoms with E-state index in [0.29, 0.717) is 6.42 Å². The van der Waals surface area contributed by atoms with Crippen molar-refractivity contribution >= 4 is 17.2 Å². The monoisotopic (exact) mass is 331 g/mol. The smallest absolute Gasteiger partial charge is 0.226 e. The molecule has 2 aromatic rings. The van der Waals surface area contributed by atoms with Crippen LogP contribution in [0.5, 0.6) is 0 Å². The number of nitrogens with one attached hydrogen (secondary N) is 1. The van der Waals surface area contributed by atoms with E-state index in [1.807, 2.05) is 32.2 Å². The number of amides is 1. The quantitative estimate of drug-likeness (QED) is 0.901. The van der Waals surface area contributed by atoms with E-state index in [1.165, 1.54) is 0 Å². The molecule has 0 saturated carbocycles. The van der Waals surface area contributed by atoms with E-state index in [0.717, 1.165) is 27.6 Å². The van der Waals surface area contributed by atoms with Crippen LogP contribution in [0, 0.1) is 19.3 Å². The third-order valence-corrected chi connectivity index (χ3v) is 4.49. The summed E-state index contributed by atoms with van der Waals surface area (Å²) in [6.07, 6.45) is 4.77. The second-order valence-electron chi connectivity index (χ2n) is 7.08. The zero-order valence-corrected chi connectivity index (χ0v) is 15.3. The molecule has 0 aliphatic heterocycles. The molecule has 2 heterocycles. The van der Waals surface area contributed by atoms with Gasteiger partial charge in [0, 0.05) is 17.3 Å². The summed E-state index contributed by atoms with van der Waals surface area (Å²) in [6, 6.07) is 3.89. The predicted octanol–water partition coefficient (Wildman–Crippen LogP) is 3.99. The van der Waals surface area contributed by atoms with Crippen LogP contribution in [0.4, 0.5) is 0 Å². The van der Waals surface area contributed by atoms with Gasteiger partial charge in [-0.1, -0.05) is 26.8 Å². The highest BCUT2D eigenvalue weighted by Gasteiger charge is 2.22. The normalized spacial score (nSPS) is 12.9. The molecule has 1 N–H and O–H groups in total. The number of carbonyl (C=O) groups is 1. The summed E-state index contributed by atoms with van der Waals surface area (Å²) in [5, 5.41) is 4.16. The summed E-state index contributed by atoms with van der Waals surface area (Å²) < 4.78 is 0. The van der Waals surface area contributed by atoms with Crippen LogP contribution in [0.25, 0.3) is 0 Å². The Morgan fingerprint density at radius 1 is 1.35 bits per heavy atom. The Kier molecular flexibility index (Phi) is 5.52. The van der Waals surface area contributed by atoms with E-state index in [4.69, 9.17) is 0 Å². The van der Waals surface area contributed by atoms with Crippen LogP contribution in [0.3, 0.4) is 0 Å². The molecular formula is C18H25N3OS. The minimum Gasteiger partial charge on any atom is -0.349 e. The first-order valence-corrected chi connectivity index (χ1v) is 8.68. The molecule has 0 aliphatic rings. The van der Waals surface area contributed by atoms with Crippen LogP contribution in [0.15, 0.2) is 24.5 Å². The highest BCUT2D eigenvalue weighted by atomic mass is 32.1. The number of nitrogens with zero attached hydrogens (tertiary/aromatic N) is 2. The van der Waals surface area contributed by atoms with Crippen molar-refractivity contribution in [3.8, 4) is 0 Å². The van der Waals surface area contributed by atoms with Crippen LogP contribution in [0.2, 0.25) is 0 Å². The molecule has 0 fully saturated rings. The van der Waals surface area contributed by atoms with Gasteiger partial charge in [0.05, 0.1) is 23.2 Å². The van der Waals surface area contributed by atoms with Gasteiger partial charge in [0.2, 0.25) is 5.91 Å². The Labute approximate surface area is 142 Å². The second-order valence-corrected chi connectivity index (χ2v) is 8.49. The number of thiazole rings is 1. The number of rotatable bonds is 5. The van der Waals surface area contributed by atoms with Gasteiger partial charge >= 0.3 is 0 Å². The average molecular weight is 331 g/mol. The van der Waals surface area contributed by atoms with Crippen molar-refractivity contribution < 1.29 is 4.79 Å². The minimum absolute atomic E-state index is 0.0107. The van der Waals surface area contributed by atoms with E-state index in [1.54, 1.807) is 17.5 Å². The van der Waals surface area contributed by atoms with Crippen LogP contribution in [-0.2, 0) is 11.2 Å². The highest BCUT2D eigenvalue weighted by Crippen LogP contribution is 2.29. The fraction of sp³-hybridized carbons (Fsp3) is 0.500. The average Bonchev–Trinajstić information content (AvgIpc) is 2.75. The fourth-order valence-corrected chi connectivity index (χ4v) is 3.41. The summed E-state index contributed by atoms with van der Waals surface area (Å²) in [7, 11) is 0. The van der Waals surface area contributed by atoms with E-state index in [9.17, 15) is 4.79 Å². The molecule has 124 valence electrons. The van der Waals surface area contributed by atoms with Crippen molar-refractivity contribution in [1.29, 1.82) is 0 Å². The van der Waals surface area contributed by atoms with E-state index in [2.05, 4.69) is 36.1 Å². The number of aromatic nitrogens is 2. The maximum Gasteiger partial charge on any atom is 0.226 e. The number of aryl methyl sites for hydroxylation is 2. The second kappa shape index (κ2) is 7.21. The highest BCUT2D eigenvalue weighted by molar-refractivity contribution is 7.11. The lowest BCUT2D eigenvalue weighted by Crippen LogP contribution is -2.32. The van der Waals surface area contributed by atoms with Crippen molar-refractivity contribution in [3.63, 3.8) is 0 Å². The third-order valence-electron chi connectivity index (χ3n) is 3.57. The molecule has 0 aromatic carbocycles. The molecule has 1 atom stereocenters. The van der Waals surface area contributed by atoms with Gasteiger partial charge in [-0.2, -0.15) is 0 Å². The summed E-state index contributed by atoms with van der Waals surface area (Å²) >= 11 is 1.64. The maximum absolute atomic E-state index is 12.5. The number of pyridine rings is 1. The van der Waals surface area contributed by atoms with Crippen LogP contribution >= 0.6 is 11.3 Å². The Balaban J connectivity index is 2.11. The zero-order valence-electron chi connectivity index (χ0n) is 14.5. The van der Waals surface area contributed by atoms with Crippen LogP contribution in [-0.4, -0.2) is 15.9 Å². The van der Waals surface area contributed by atoms with Crippen molar-refractivity contribution in [2.24, 2.45) is 5.41 Å². The molecule has 0 aliphatic carbocycles. The molecule has 0 saturated heterocycles. The molecule has 5 heteroatoms. The lowest BCUT2D eigenvalue weighted by molar-refractivity contribution is -0.121. The first-order valence-electron chi connectivity index (χ1n) is 7.87. The molecular weight excluding hydrogens is 306 g/mol. The van der Waals surface area contributed by atoms with Crippen molar-refractivity contribution in [1.82, 2.24) is 15.3 Å². The summed E-state index contributed by atoms with van der Waals surface area (Å²) in [6.45, 7) is 10.5. The lowest BCUT2D eigenvalue weighted by Gasteiger charge is -2.27. The van der Waals surface area contributed by atoms with E-state index >= 15 is 0 Å². The minimum atomic E-state index is -0.0313. The van der Waals surface area contributed by atoms with Gasteiger partial charge in [0.25, 0.3) is 0 Å². The molecule has 0 unspecified atom stereocenters. The molecule has 2 aromatic heterocycles. The zero-order chi connectivity index (χ0) is 17.0. The van der Waals surface area contributed by atoms with Crippen molar-refractivity contribution in [3.05, 3.63) is 45.7 Å². The van der Waals surface area contributed by atoms with Gasteiger partial charge < -0.3 is 5.32 Å². The Morgan fingerprint density at radius 2 is 2.09 bits per heavy atom. The molecule has 0 bridgehead atoms. The number of hydrogen-bond acceptors (Lipinski definition) is 4. The molecule has 2 rings (SSSR count). The standard InChI is InChI=1S/C18H25N3OS/c1-12-15(20-13(2)23-12)9-17(22)21-16(10-18(3,4)5)14-7-6-8-19-11-14/h6-8,11,16H,9-10H2,1-5H3,(H,21,22)/t16-/m0/s1. The molecule has 23 heavy (non-hydrogen) atoms. The van der Waals surface area contributed by atoms with Gasteiger partial charge in [0.1, 0.15) is 0 Å². The SMILES string of the molecule is Cc1nc(CC(=O)N[C@@H](CC(C)(C)C)c2cccnc2)c(C)s1. The summed E-state index contributed by atoms with van der Waals surface area (Å²) in [5.74, 6) is 0.0107. The van der Waals surface area contributed by atoms with Gasteiger partial charge in [-0.15, -0.1) is 11.3 Å². The molecule has 1 amide bonds. The first-order chi connectivity index (χ1) is 10.7. The lowest BCUT2D eigenvalue weighted by atomic mass is 9.86. The van der Waals surface area contributed by atoms with E-state index < -0.39 is 0 Å². The number of hydrogen-bond donors (Lipinski definition) is 1. The summed E-state index contributed by atoms with van der Waals surface area (Å²) in [5.41, 5.74) is 2.04. The summed E-state index contributed by atoms with van der Waals surface area (Å²) in [4.78, 5) is 22.2. The first kappa shape index (κ1) is 17.6. The largest absolute Gasteiger partial charge is 0.349 e. The molecule has 0 spiro atoms. The number of carbonyl (C=O) groups excluding carboxylic acids is 1. The van der Waals surface area contributed by atoms with Crippen molar-refractivity contribution in [2.75, 3.05) is 0 Å². The van der Waals surface area contributed by atoms with Crippen LogP contribution in [0.1, 0.15) is 54.4 Å². The topological polar surface area (TPSA) is 54.9 Å². The van der Waals surface area contributed by atoms with Gasteiger partial charge in [-0.05, 0) is 37.3 Å². The van der Waals surface area contributed by atoms with Gasteiger partial charge in [-0.25, -0.2) is 4.98 Å². The maximum atomic E-state index is 12.5. The Hall–Kier alpha value is -1.75. The molecule has 0 radical (unpaired) electrons. The van der Waals surface area contributed by atoms with E-state index in [-0.39, 0.29) is 17.4 Å². The van der Waals surface area contributed by atoms with Crippen LogP contribution < -0.4 is 5.32 Å². The molecule has 4 nitrogen and oxygen atoms in total. The fourth-order valence-electron chi connectivity index (χ4n) is 2.58. The Morgan fingerprint density at radius 3 is 2.61 bits per heavy atom. The van der Waals surface area contributed by atoms with Gasteiger partial charge in [0.15, 0.2) is 0 Å². The van der Waals surface area contributed by atoms with Crippen molar-refractivity contribution in [2.45, 2.75) is 53.5 Å². The third kappa shape index (κ3) is 5.43. The predicted molar refractivity (Wildman–Crippen MR) is 94.5 cm³/mol. The Bertz CT molecular complexity index is 659. The van der Waals surface area contributed by atoms with Gasteiger partial charge in [-0.3, -0.25) is 9.78 Å².